The van der Waals surface area contributed by atoms with Gasteiger partial charge in [-0.05, 0) is 18.8 Å². The Hall–Kier alpha value is -1.92. The molecule has 2 N–H and O–H groups in total. The first-order valence-electron chi connectivity index (χ1n) is 6.32. The highest BCUT2D eigenvalue weighted by atomic mass is 16.6. The molecule has 0 aliphatic rings. The average Bonchev–Trinajstić information content (AvgIpc) is 2.27. The first kappa shape index (κ1) is 15.1. The second-order valence-corrected chi connectivity index (χ2v) is 5.44. The third kappa shape index (κ3) is 4.69. The molecular weight excluding hydrogens is 246 g/mol. The van der Waals surface area contributed by atoms with Gasteiger partial charge in [0.05, 0.1) is 4.92 Å². The van der Waals surface area contributed by atoms with Gasteiger partial charge in [0.15, 0.2) is 0 Å². The summed E-state index contributed by atoms with van der Waals surface area (Å²) in [6, 6.07) is 0. The molecule has 0 spiro atoms. The summed E-state index contributed by atoms with van der Waals surface area (Å²) in [6.07, 6.45) is 2.22. The lowest BCUT2D eigenvalue weighted by molar-refractivity contribution is -0.383. The van der Waals surface area contributed by atoms with Crippen molar-refractivity contribution in [3.63, 3.8) is 0 Å². The van der Waals surface area contributed by atoms with Crippen LogP contribution < -0.4 is 10.6 Å². The zero-order valence-electron chi connectivity index (χ0n) is 11.9. The standard InChI is InChI=1S/C12H21N5O2/c1-5-13-10-9(17(18)19)11(16-8-15-10)14-7-6-12(2,3)4/h8H,5-7H2,1-4H3,(H2,13,14,15,16). The summed E-state index contributed by atoms with van der Waals surface area (Å²) in [4.78, 5) is 18.5. The van der Waals surface area contributed by atoms with Crippen LogP contribution in [0.2, 0.25) is 0 Å². The van der Waals surface area contributed by atoms with Crippen LogP contribution in [0.5, 0.6) is 0 Å². The number of anilines is 2. The fourth-order valence-electron chi connectivity index (χ4n) is 1.53. The first-order chi connectivity index (χ1) is 8.85. The summed E-state index contributed by atoms with van der Waals surface area (Å²) in [5, 5.41) is 17.0. The molecule has 1 aromatic heterocycles. The van der Waals surface area contributed by atoms with Crippen molar-refractivity contribution in [2.45, 2.75) is 34.1 Å². The van der Waals surface area contributed by atoms with E-state index in [2.05, 4.69) is 41.4 Å². The van der Waals surface area contributed by atoms with Crippen molar-refractivity contribution in [1.29, 1.82) is 0 Å². The zero-order chi connectivity index (χ0) is 14.5. The van der Waals surface area contributed by atoms with Crippen molar-refractivity contribution in [2.24, 2.45) is 5.41 Å². The number of hydrogen-bond donors (Lipinski definition) is 2. The van der Waals surface area contributed by atoms with Gasteiger partial charge in [-0.15, -0.1) is 0 Å². The number of aromatic nitrogens is 2. The van der Waals surface area contributed by atoms with Crippen molar-refractivity contribution in [2.75, 3.05) is 23.7 Å². The fourth-order valence-corrected chi connectivity index (χ4v) is 1.53. The smallest absolute Gasteiger partial charge is 0.353 e. The zero-order valence-corrected chi connectivity index (χ0v) is 11.9. The highest BCUT2D eigenvalue weighted by Crippen LogP contribution is 2.29. The monoisotopic (exact) mass is 267 g/mol. The van der Waals surface area contributed by atoms with E-state index in [-0.39, 0.29) is 22.7 Å². The Morgan fingerprint density at radius 2 is 1.84 bits per heavy atom. The van der Waals surface area contributed by atoms with Gasteiger partial charge in [0, 0.05) is 13.1 Å². The van der Waals surface area contributed by atoms with E-state index in [1.54, 1.807) is 0 Å². The number of hydrogen-bond acceptors (Lipinski definition) is 6. The van der Waals surface area contributed by atoms with Crippen molar-refractivity contribution >= 4 is 17.3 Å². The molecule has 7 nitrogen and oxygen atoms in total. The molecule has 0 aliphatic heterocycles. The Morgan fingerprint density at radius 1 is 1.26 bits per heavy atom. The lowest BCUT2D eigenvalue weighted by atomic mass is 9.92. The highest BCUT2D eigenvalue weighted by molar-refractivity contribution is 5.69. The van der Waals surface area contributed by atoms with Gasteiger partial charge < -0.3 is 10.6 Å². The van der Waals surface area contributed by atoms with E-state index in [0.29, 0.717) is 13.1 Å². The van der Waals surface area contributed by atoms with Crippen molar-refractivity contribution < 1.29 is 4.92 Å². The van der Waals surface area contributed by atoms with E-state index in [0.717, 1.165) is 6.42 Å². The van der Waals surface area contributed by atoms with Gasteiger partial charge in [-0.1, -0.05) is 20.8 Å². The Labute approximate surface area is 113 Å². The molecule has 1 rings (SSSR count). The van der Waals surface area contributed by atoms with E-state index < -0.39 is 4.92 Å². The van der Waals surface area contributed by atoms with Crippen LogP contribution in [0.3, 0.4) is 0 Å². The SMILES string of the molecule is CCNc1ncnc(NCCC(C)(C)C)c1[N+](=O)[O-]. The second-order valence-electron chi connectivity index (χ2n) is 5.44. The number of nitrogens with one attached hydrogen (secondary N) is 2. The summed E-state index contributed by atoms with van der Waals surface area (Å²) in [7, 11) is 0. The van der Waals surface area contributed by atoms with E-state index >= 15 is 0 Å². The Balaban J connectivity index is 2.87. The summed E-state index contributed by atoms with van der Waals surface area (Å²) < 4.78 is 0. The van der Waals surface area contributed by atoms with Crippen LogP contribution >= 0.6 is 0 Å². The van der Waals surface area contributed by atoms with Gasteiger partial charge in [-0.25, -0.2) is 9.97 Å². The number of nitro groups is 1. The first-order valence-corrected chi connectivity index (χ1v) is 6.32. The molecule has 0 bridgehead atoms. The minimum Gasteiger partial charge on any atom is -0.364 e. The summed E-state index contributed by atoms with van der Waals surface area (Å²) >= 11 is 0. The third-order valence-corrected chi connectivity index (χ3v) is 2.52. The Morgan fingerprint density at radius 3 is 2.32 bits per heavy atom. The molecule has 0 fully saturated rings. The summed E-state index contributed by atoms with van der Waals surface area (Å²) in [6.45, 7) is 9.41. The maximum Gasteiger partial charge on any atom is 0.353 e. The molecule has 1 aromatic rings. The van der Waals surface area contributed by atoms with Crippen molar-refractivity contribution in [3.8, 4) is 0 Å². The molecule has 0 saturated heterocycles. The normalized spacial score (nSPS) is 11.2. The molecule has 7 heteroatoms. The van der Waals surface area contributed by atoms with Crippen LogP contribution in [-0.4, -0.2) is 28.0 Å². The predicted molar refractivity (Wildman–Crippen MR) is 75.4 cm³/mol. The molecule has 0 atom stereocenters. The van der Waals surface area contributed by atoms with Gasteiger partial charge in [0.2, 0.25) is 11.6 Å². The van der Waals surface area contributed by atoms with Gasteiger partial charge in [-0.3, -0.25) is 10.1 Å². The van der Waals surface area contributed by atoms with Crippen LogP contribution in [0.15, 0.2) is 6.33 Å². The fraction of sp³-hybridized carbons (Fsp3) is 0.667. The molecule has 0 aliphatic carbocycles. The second kappa shape index (κ2) is 6.31. The Bertz CT molecular complexity index is 442. The van der Waals surface area contributed by atoms with E-state index in [1.807, 2.05) is 6.92 Å². The van der Waals surface area contributed by atoms with Crippen molar-refractivity contribution in [3.05, 3.63) is 16.4 Å². The van der Waals surface area contributed by atoms with Gasteiger partial charge >= 0.3 is 5.69 Å². The molecule has 1 heterocycles. The average molecular weight is 267 g/mol. The molecular formula is C12H21N5O2. The highest BCUT2D eigenvalue weighted by Gasteiger charge is 2.22. The third-order valence-electron chi connectivity index (χ3n) is 2.52. The quantitative estimate of drug-likeness (QED) is 0.608. The van der Waals surface area contributed by atoms with Crippen LogP contribution in [-0.2, 0) is 0 Å². The maximum atomic E-state index is 11.1. The molecule has 0 amide bonds. The van der Waals surface area contributed by atoms with Gasteiger partial charge in [0.1, 0.15) is 6.33 Å². The molecule has 0 radical (unpaired) electrons. The van der Waals surface area contributed by atoms with Gasteiger partial charge in [-0.2, -0.15) is 0 Å². The number of rotatable bonds is 6. The largest absolute Gasteiger partial charge is 0.364 e. The molecule has 0 aromatic carbocycles. The lowest BCUT2D eigenvalue weighted by Crippen LogP contribution is -2.15. The lowest BCUT2D eigenvalue weighted by Gasteiger charge is -2.18. The van der Waals surface area contributed by atoms with Crippen LogP contribution in [0.4, 0.5) is 17.3 Å². The predicted octanol–water partition coefficient (Wildman–Crippen LogP) is 2.66. The molecule has 19 heavy (non-hydrogen) atoms. The summed E-state index contributed by atoms with van der Waals surface area (Å²) in [5.74, 6) is 0.515. The number of nitrogens with zero attached hydrogens (tertiary/aromatic N) is 3. The van der Waals surface area contributed by atoms with E-state index in [9.17, 15) is 10.1 Å². The molecule has 106 valence electrons. The minimum atomic E-state index is -0.461. The molecule has 0 unspecified atom stereocenters. The van der Waals surface area contributed by atoms with Crippen LogP contribution in [0.25, 0.3) is 0 Å². The maximum absolute atomic E-state index is 11.1. The van der Waals surface area contributed by atoms with E-state index in [1.165, 1.54) is 6.33 Å². The molecule has 0 saturated carbocycles. The summed E-state index contributed by atoms with van der Waals surface area (Å²) in [5.41, 5.74) is 0.0671. The van der Waals surface area contributed by atoms with E-state index in [4.69, 9.17) is 0 Å². The minimum absolute atomic E-state index is 0.0988. The Kier molecular flexibility index (Phi) is 5.02. The van der Waals surface area contributed by atoms with Crippen LogP contribution in [0.1, 0.15) is 34.1 Å². The van der Waals surface area contributed by atoms with Crippen molar-refractivity contribution in [1.82, 2.24) is 9.97 Å². The van der Waals surface area contributed by atoms with Gasteiger partial charge in [0.25, 0.3) is 0 Å². The van der Waals surface area contributed by atoms with Crippen LogP contribution in [0, 0.1) is 15.5 Å². The topological polar surface area (TPSA) is 93.0 Å².